The maximum absolute atomic E-state index is 15.0. The predicted molar refractivity (Wildman–Crippen MR) is 116 cm³/mol. The fourth-order valence-electron chi connectivity index (χ4n) is 3.46. The summed E-state index contributed by atoms with van der Waals surface area (Å²) < 4.78 is 66.7. The molecular formula is C27H17F5. The molecule has 4 rings (SSSR count). The zero-order chi connectivity index (χ0) is 22.9. The van der Waals surface area contributed by atoms with E-state index in [9.17, 15) is 22.0 Å². The Morgan fingerprint density at radius 2 is 1.47 bits per heavy atom. The molecule has 0 atom stereocenters. The van der Waals surface area contributed by atoms with Crippen LogP contribution >= 0.6 is 0 Å². The SMILES string of the molecule is CCc1ccc(-c2ccc3c(F)c(C#Cc4ccc(C(F)(F)F)c(F)c4)ccc3c2)cc1. The first-order chi connectivity index (χ1) is 15.3. The van der Waals surface area contributed by atoms with Gasteiger partial charge in [-0.1, -0.05) is 61.2 Å². The van der Waals surface area contributed by atoms with E-state index >= 15 is 0 Å². The van der Waals surface area contributed by atoms with E-state index in [0.717, 1.165) is 23.6 Å². The van der Waals surface area contributed by atoms with Gasteiger partial charge in [-0.05, 0) is 58.8 Å². The van der Waals surface area contributed by atoms with Gasteiger partial charge in [0.25, 0.3) is 0 Å². The molecule has 32 heavy (non-hydrogen) atoms. The summed E-state index contributed by atoms with van der Waals surface area (Å²) in [6.45, 7) is 2.09. The van der Waals surface area contributed by atoms with Crippen molar-refractivity contribution in [3.8, 4) is 23.0 Å². The second kappa shape index (κ2) is 8.47. The second-order valence-electron chi connectivity index (χ2n) is 7.36. The molecule has 0 N–H and O–H groups in total. The van der Waals surface area contributed by atoms with Crippen molar-refractivity contribution in [2.24, 2.45) is 0 Å². The van der Waals surface area contributed by atoms with Crippen molar-refractivity contribution in [3.63, 3.8) is 0 Å². The summed E-state index contributed by atoms with van der Waals surface area (Å²) in [7, 11) is 0. The van der Waals surface area contributed by atoms with Crippen molar-refractivity contribution in [2.45, 2.75) is 19.5 Å². The number of alkyl halides is 3. The lowest BCUT2D eigenvalue weighted by Crippen LogP contribution is -2.07. The van der Waals surface area contributed by atoms with E-state index in [1.54, 1.807) is 12.1 Å². The Labute approximate surface area is 182 Å². The molecule has 5 heteroatoms. The number of hydrogen-bond acceptors (Lipinski definition) is 0. The lowest BCUT2D eigenvalue weighted by Gasteiger charge is -2.07. The third-order valence-electron chi connectivity index (χ3n) is 5.27. The van der Waals surface area contributed by atoms with Crippen molar-refractivity contribution in [3.05, 3.63) is 107 Å². The minimum absolute atomic E-state index is 0.0286. The van der Waals surface area contributed by atoms with Gasteiger partial charge in [-0.25, -0.2) is 8.78 Å². The summed E-state index contributed by atoms with van der Waals surface area (Å²) >= 11 is 0. The van der Waals surface area contributed by atoms with Crippen molar-refractivity contribution in [1.29, 1.82) is 0 Å². The van der Waals surface area contributed by atoms with Crippen LogP contribution in [0, 0.1) is 23.5 Å². The Balaban J connectivity index is 1.65. The van der Waals surface area contributed by atoms with Gasteiger partial charge in [0.2, 0.25) is 0 Å². The Kier molecular flexibility index (Phi) is 5.71. The number of rotatable bonds is 2. The summed E-state index contributed by atoms with van der Waals surface area (Å²) in [6, 6.07) is 19.2. The molecule has 0 bridgehead atoms. The van der Waals surface area contributed by atoms with Crippen LogP contribution in [0.5, 0.6) is 0 Å². The van der Waals surface area contributed by atoms with E-state index in [0.29, 0.717) is 22.9 Å². The maximum Gasteiger partial charge on any atom is 0.419 e. The lowest BCUT2D eigenvalue weighted by atomic mass is 9.98. The number of fused-ring (bicyclic) bond motifs is 1. The lowest BCUT2D eigenvalue weighted by molar-refractivity contribution is -0.140. The molecular weight excluding hydrogens is 419 g/mol. The molecule has 0 saturated carbocycles. The van der Waals surface area contributed by atoms with Crippen LogP contribution in [0.3, 0.4) is 0 Å². The molecule has 0 aromatic heterocycles. The molecule has 0 radical (unpaired) electrons. The molecule has 160 valence electrons. The highest BCUT2D eigenvalue weighted by Crippen LogP contribution is 2.31. The van der Waals surface area contributed by atoms with Crippen molar-refractivity contribution in [1.82, 2.24) is 0 Å². The van der Waals surface area contributed by atoms with Crippen LogP contribution in [0.15, 0.2) is 72.8 Å². The van der Waals surface area contributed by atoms with Gasteiger partial charge in [0, 0.05) is 10.9 Å². The smallest absolute Gasteiger partial charge is 0.206 e. The number of aryl methyl sites for hydroxylation is 1. The van der Waals surface area contributed by atoms with Gasteiger partial charge in [-0.15, -0.1) is 0 Å². The van der Waals surface area contributed by atoms with E-state index in [1.165, 1.54) is 11.6 Å². The average molecular weight is 436 g/mol. The predicted octanol–water partition coefficient (Wildman–Crippen LogP) is 7.77. The fourth-order valence-corrected chi connectivity index (χ4v) is 3.46. The van der Waals surface area contributed by atoms with E-state index in [2.05, 4.69) is 30.9 Å². The molecule has 0 amide bonds. The molecule has 0 aliphatic heterocycles. The zero-order valence-electron chi connectivity index (χ0n) is 17.0. The molecule has 0 saturated heterocycles. The van der Waals surface area contributed by atoms with Crippen LogP contribution in [0.25, 0.3) is 21.9 Å². The standard InChI is InChI=1S/C27H17F5/c1-2-17-3-7-19(8-4-17)21-12-13-23-22(16-21)11-10-20(26(23)29)9-5-18-6-14-24(25(28)15-18)27(30,31)32/h3-4,6-8,10-16H,2H2,1H3. The fraction of sp³-hybridized carbons (Fsp3) is 0.111. The van der Waals surface area contributed by atoms with Crippen LogP contribution < -0.4 is 0 Å². The van der Waals surface area contributed by atoms with Gasteiger partial charge in [-0.2, -0.15) is 13.2 Å². The van der Waals surface area contributed by atoms with Crippen molar-refractivity contribution in [2.75, 3.05) is 0 Å². The van der Waals surface area contributed by atoms with Crippen LogP contribution in [-0.2, 0) is 12.6 Å². The van der Waals surface area contributed by atoms with Gasteiger partial charge in [0.1, 0.15) is 11.6 Å². The first-order valence-electron chi connectivity index (χ1n) is 9.96. The highest BCUT2D eigenvalue weighted by atomic mass is 19.4. The number of benzene rings is 4. The minimum Gasteiger partial charge on any atom is -0.206 e. The molecule has 0 aliphatic rings. The zero-order valence-corrected chi connectivity index (χ0v) is 17.0. The highest BCUT2D eigenvalue weighted by molar-refractivity contribution is 5.89. The second-order valence-corrected chi connectivity index (χ2v) is 7.36. The first kappa shape index (κ1) is 21.6. The largest absolute Gasteiger partial charge is 0.419 e. The summed E-state index contributed by atoms with van der Waals surface area (Å²) in [5.74, 6) is 3.18. The monoisotopic (exact) mass is 436 g/mol. The van der Waals surface area contributed by atoms with Crippen LogP contribution in [0.4, 0.5) is 22.0 Å². The topological polar surface area (TPSA) is 0 Å². The van der Waals surface area contributed by atoms with Gasteiger partial charge in [-0.3, -0.25) is 0 Å². The van der Waals surface area contributed by atoms with Crippen molar-refractivity contribution >= 4 is 10.8 Å². The maximum atomic E-state index is 15.0. The molecule has 0 fully saturated rings. The molecule has 0 spiro atoms. The van der Waals surface area contributed by atoms with E-state index < -0.39 is 23.4 Å². The molecule has 4 aromatic carbocycles. The Morgan fingerprint density at radius 3 is 2.12 bits per heavy atom. The van der Waals surface area contributed by atoms with Gasteiger partial charge < -0.3 is 0 Å². The van der Waals surface area contributed by atoms with Gasteiger partial charge in [0.05, 0.1) is 11.1 Å². The van der Waals surface area contributed by atoms with E-state index in [1.807, 2.05) is 24.3 Å². The molecule has 0 heterocycles. The first-order valence-corrected chi connectivity index (χ1v) is 9.96. The highest BCUT2D eigenvalue weighted by Gasteiger charge is 2.33. The van der Waals surface area contributed by atoms with Crippen molar-refractivity contribution < 1.29 is 22.0 Å². The van der Waals surface area contributed by atoms with Crippen LogP contribution in [0.1, 0.15) is 29.2 Å². The van der Waals surface area contributed by atoms with E-state index in [-0.39, 0.29) is 11.1 Å². The summed E-state index contributed by atoms with van der Waals surface area (Å²) in [6.07, 6.45) is -3.83. The number of hydrogen-bond donors (Lipinski definition) is 0. The van der Waals surface area contributed by atoms with Crippen LogP contribution in [-0.4, -0.2) is 0 Å². The van der Waals surface area contributed by atoms with E-state index in [4.69, 9.17) is 0 Å². The minimum atomic E-state index is -4.78. The molecule has 0 aliphatic carbocycles. The normalized spacial score (nSPS) is 11.3. The third-order valence-corrected chi connectivity index (χ3v) is 5.27. The quantitative estimate of drug-likeness (QED) is 0.222. The average Bonchev–Trinajstić information content (AvgIpc) is 2.77. The molecule has 0 unspecified atom stereocenters. The Hall–Kier alpha value is -3.65. The number of halogens is 5. The summed E-state index contributed by atoms with van der Waals surface area (Å²) in [5, 5.41) is 1.08. The summed E-state index contributed by atoms with van der Waals surface area (Å²) in [5.41, 5.74) is 1.96. The Bertz CT molecular complexity index is 1350. The summed E-state index contributed by atoms with van der Waals surface area (Å²) in [4.78, 5) is 0. The van der Waals surface area contributed by atoms with Gasteiger partial charge >= 0.3 is 6.18 Å². The Morgan fingerprint density at radius 1 is 0.750 bits per heavy atom. The van der Waals surface area contributed by atoms with Crippen LogP contribution in [0.2, 0.25) is 0 Å². The molecule has 0 nitrogen and oxygen atoms in total. The molecule has 4 aromatic rings. The van der Waals surface area contributed by atoms with Gasteiger partial charge in [0.15, 0.2) is 0 Å². The third kappa shape index (κ3) is 4.36.